The molecule has 72 heavy (non-hydrogen) atoms. The van der Waals surface area contributed by atoms with Gasteiger partial charge in [0, 0.05) is 25.7 Å². The minimum Gasteiger partial charge on any atom is -0.495 e. The van der Waals surface area contributed by atoms with Gasteiger partial charge in [0.05, 0.1) is 69.2 Å². The number of benzene rings is 5. The van der Waals surface area contributed by atoms with Crippen LogP contribution >= 0.6 is 81.2 Å². The second-order valence-corrected chi connectivity index (χ2v) is 16.5. The number of amides is 1. The van der Waals surface area contributed by atoms with E-state index in [1.54, 1.807) is 54.6 Å². The summed E-state index contributed by atoms with van der Waals surface area (Å²) in [5, 5.41) is 55.2. The molecule has 0 aliphatic heterocycles. The number of halogens is 7. The fourth-order valence-electron chi connectivity index (χ4n) is 6.00. The molecule has 0 spiro atoms. The number of methoxy groups -OCH3 is 3. The molecule has 5 aromatic carbocycles. The number of nitrogens with two attached hydrogens (primary N) is 1. The van der Waals surface area contributed by atoms with E-state index in [0.717, 1.165) is 11.1 Å². The molecule has 0 saturated heterocycles. The number of carbonyl (C=O) groups excluding carboxylic acids is 4. The number of hydrogen-bond donors (Lipinski definition) is 5. The quantitative estimate of drug-likeness (QED) is 0.0454. The van der Waals surface area contributed by atoms with E-state index >= 15 is 0 Å². The first-order chi connectivity index (χ1) is 34.2. The summed E-state index contributed by atoms with van der Waals surface area (Å²) in [6, 6.07) is 30.3. The second kappa shape index (κ2) is 34.2. The Bertz CT molecular complexity index is 2710. The maximum atomic E-state index is 12.5. The number of aliphatic hydroxyl groups is 2. The van der Waals surface area contributed by atoms with Crippen LogP contribution < -0.4 is 25.3 Å². The largest absolute Gasteiger partial charge is 0.495 e. The highest BCUT2D eigenvalue weighted by molar-refractivity contribution is 6.97. The van der Waals surface area contributed by atoms with E-state index in [0.29, 0.717) is 45.0 Å². The molecule has 6 N–H and O–H groups in total. The molecule has 0 aromatic heterocycles. The molecule has 0 aliphatic rings. The number of aromatic carboxylic acids is 1. The van der Waals surface area contributed by atoms with E-state index in [1.165, 1.54) is 45.6 Å². The predicted octanol–water partition coefficient (Wildman–Crippen LogP) is 9.92. The maximum absolute atomic E-state index is 12.5. The Balaban J connectivity index is 0.000000484. The van der Waals surface area contributed by atoms with Gasteiger partial charge in [-0.15, -0.1) is 0 Å². The van der Waals surface area contributed by atoms with Crippen LogP contribution in [0.5, 0.6) is 17.2 Å². The highest BCUT2D eigenvalue weighted by atomic mass is 35.5. The molecule has 0 aliphatic carbocycles. The lowest BCUT2D eigenvalue weighted by Gasteiger charge is -2.18. The Morgan fingerprint density at radius 2 is 0.958 bits per heavy atom. The van der Waals surface area contributed by atoms with Gasteiger partial charge >= 0.3 is 16.5 Å². The van der Waals surface area contributed by atoms with Crippen molar-refractivity contribution in [2.45, 2.75) is 24.7 Å². The van der Waals surface area contributed by atoms with Gasteiger partial charge in [0.15, 0.2) is 5.75 Å². The lowest BCUT2D eigenvalue weighted by atomic mass is 9.95. The summed E-state index contributed by atoms with van der Waals surface area (Å²) in [6.45, 7) is 0.881. The summed E-state index contributed by atoms with van der Waals surface area (Å²) in [6.07, 6.45) is 1.10. The summed E-state index contributed by atoms with van der Waals surface area (Å²) in [5.41, 5.74) is 8.79. The van der Waals surface area contributed by atoms with E-state index in [9.17, 15) is 29.1 Å². The Hall–Kier alpha value is -6.17. The molecule has 0 saturated carbocycles. The Labute approximate surface area is 449 Å². The van der Waals surface area contributed by atoms with Crippen molar-refractivity contribution in [3.8, 4) is 35.5 Å². The van der Waals surface area contributed by atoms with Crippen LogP contribution in [-0.4, -0.2) is 90.6 Å². The molecule has 5 aromatic rings. The Morgan fingerprint density at radius 3 is 1.31 bits per heavy atom. The van der Waals surface area contributed by atoms with E-state index < -0.39 is 21.7 Å². The number of carboxylic acid groups (broad SMARTS) is 1. The number of nitrogens with zero attached hydrogens (tertiary/aromatic N) is 3. The van der Waals surface area contributed by atoms with Gasteiger partial charge in [-0.25, -0.2) is 4.79 Å². The third-order valence-electron chi connectivity index (χ3n) is 9.44. The van der Waals surface area contributed by atoms with Crippen LogP contribution in [0.3, 0.4) is 0 Å². The predicted molar refractivity (Wildman–Crippen MR) is 275 cm³/mol. The molecule has 0 unspecified atom stereocenters. The normalized spacial score (nSPS) is 10.5. The third kappa shape index (κ3) is 20.5. The zero-order valence-electron chi connectivity index (χ0n) is 38.2. The van der Waals surface area contributed by atoms with Crippen molar-refractivity contribution in [3.63, 3.8) is 0 Å². The topological polar surface area (TPSA) is 283 Å². The van der Waals surface area contributed by atoms with Crippen molar-refractivity contribution in [2.75, 3.05) is 47.6 Å². The van der Waals surface area contributed by atoms with Crippen LogP contribution in [0.4, 0.5) is 0 Å². The first-order valence-electron chi connectivity index (χ1n) is 20.4. The van der Waals surface area contributed by atoms with Gasteiger partial charge in [0.1, 0.15) is 35.3 Å². The maximum Gasteiger partial charge on any atom is 0.339 e. The van der Waals surface area contributed by atoms with Gasteiger partial charge in [-0.2, -0.15) is 15.8 Å². The molecule has 23 heteroatoms. The molecular formula is C49H44Cl7N5O11. The zero-order chi connectivity index (χ0) is 54.5. The summed E-state index contributed by atoms with van der Waals surface area (Å²) in [5.74, 6) is -0.877. The van der Waals surface area contributed by atoms with Crippen molar-refractivity contribution >= 4 is 109 Å². The van der Waals surface area contributed by atoms with Crippen molar-refractivity contribution in [2.24, 2.45) is 5.73 Å². The van der Waals surface area contributed by atoms with Crippen LogP contribution in [0.25, 0.3) is 0 Å². The van der Waals surface area contributed by atoms with Crippen LogP contribution in [0, 0.1) is 34.0 Å². The number of rotatable bonds is 16. The van der Waals surface area contributed by atoms with Gasteiger partial charge in [-0.1, -0.05) is 76.7 Å². The van der Waals surface area contributed by atoms with Crippen LogP contribution in [-0.2, 0) is 9.59 Å². The Kier molecular flexibility index (Phi) is 30.4. The molecular weight excluding hydrogens is 1080 g/mol. The lowest BCUT2D eigenvalue weighted by molar-refractivity contribution is -0.127. The van der Waals surface area contributed by atoms with Crippen molar-refractivity contribution in [1.29, 1.82) is 15.8 Å². The van der Waals surface area contributed by atoms with Crippen molar-refractivity contribution in [3.05, 3.63) is 156 Å². The van der Waals surface area contributed by atoms with Crippen LogP contribution in [0.1, 0.15) is 83.6 Å². The van der Waals surface area contributed by atoms with E-state index in [-0.39, 0.29) is 82.6 Å². The summed E-state index contributed by atoms with van der Waals surface area (Å²) in [7, 11) is 4.14. The van der Waals surface area contributed by atoms with Crippen LogP contribution in [0.2, 0.25) is 20.1 Å². The number of ether oxygens (including phenoxy) is 3. The number of carboxylic acids is 1. The smallest absolute Gasteiger partial charge is 0.339 e. The van der Waals surface area contributed by atoms with Gasteiger partial charge in [-0.3, -0.25) is 19.2 Å². The van der Waals surface area contributed by atoms with Gasteiger partial charge < -0.3 is 40.6 Å². The van der Waals surface area contributed by atoms with Gasteiger partial charge in [-0.05, 0) is 132 Å². The van der Waals surface area contributed by atoms with Gasteiger partial charge in [0.2, 0.25) is 0 Å². The fraction of sp³-hybridized carbons (Fsp3) is 0.224. The van der Waals surface area contributed by atoms with Gasteiger partial charge in [0.25, 0.3) is 11.1 Å². The SMILES string of the molecule is COc1c(C#N)cccc1C(=O)Cl.COc1c(C#N)cccc1C(=O)NC[C@@H](CCO)c1ccc(Cl)c(Cl)c1.COc1c(C#N)cccc1C(=O)O.NC[C@@H](CCO)c1ccc(Cl)c(Cl)c1.O=C(Cl)C(=O)Cl. The molecule has 380 valence electrons. The summed E-state index contributed by atoms with van der Waals surface area (Å²) < 4.78 is 14.9. The highest BCUT2D eigenvalue weighted by Crippen LogP contribution is 2.30. The molecule has 2 atom stereocenters. The summed E-state index contributed by atoms with van der Waals surface area (Å²) >= 11 is 37.9. The first-order valence-corrected chi connectivity index (χ1v) is 23.0. The first kappa shape index (κ1) is 63.8. The average Bonchev–Trinajstić information content (AvgIpc) is 3.38. The number of hydrogen-bond acceptors (Lipinski definition) is 14. The second-order valence-electron chi connectivity index (χ2n) is 13.8. The number of carbonyl (C=O) groups is 5. The fourth-order valence-corrected chi connectivity index (χ4v) is 6.76. The molecule has 0 fully saturated rings. The minimum atomic E-state index is -1.14. The average molecular weight is 1130 g/mol. The van der Waals surface area contributed by atoms with Crippen LogP contribution in [0.15, 0.2) is 91.0 Å². The monoisotopic (exact) mass is 1120 g/mol. The molecule has 0 radical (unpaired) electrons. The zero-order valence-corrected chi connectivity index (χ0v) is 43.5. The number of para-hydroxylation sites is 3. The molecule has 5 rings (SSSR count). The highest BCUT2D eigenvalue weighted by Gasteiger charge is 2.20. The van der Waals surface area contributed by atoms with E-state index in [4.69, 9.17) is 104 Å². The molecule has 16 nitrogen and oxygen atoms in total. The summed E-state index contributed by atoms with van der Waals surface area (Å²) in [4.78, 5) is 52.9. The third-order valence-corrected chi connectivity index (χ3v) is 11.6. The van der Waals surface area contributed by atoms with E-state index in [2.05, 4.69) is 28.5 Å². The Morgan fingerprint density at radius 1 is 0.583 bits per heavy atom. The van der Waals surface area contributed by atoms with Crippen molar-refractivity contribution in [1.82, 2.24) is 5.32 Å². The number of nitriles is 3. The molecule has 0 bridgehead atoms. The lowest BCUT2D eigenvalue weighted by Crippen LogP contribution is -2.29. The standard InChI is InChI=1S/C19H18Cl2N2O3.C10H13Cl2NO.C9H6ClNO2.C9H7NO3.C2Cl2O2/c1-26-18-13(10-22)3-2-4-15(18)19(25)23-11-14(7-8-24)12-5-6-16(20)17(21)9-12;11-9-2-1-7(5-10(9)12)8(6-13)3-4-14;1-13-8-6(5-11)3-2-4-7(8)9(10)12;1-13-8-6(5-10)3-2-4-7(8)9(11)12;3-1(5)2(4)6/h2-6,9,14,24H,7-8,11H2,1H3,(H,23,25);1-2,5,8,14H,3-4,6,13H2;2-4H,1H3;2-4H,1H3,(H,11,12);/t14-;8-;;;/m11.../s1. The molecule has 0 heterocycles. The minimum absolute atomic E-state index is 0.00144. The van der Waals surface area contributed by atoms with E-state index in [1.807, 2.05) is 30.3 Å². The number of aliphatic hydroxyl groups excluding tert-OH is 2. The molecule has 1 amide bonds. The number of nitrogens with one attached hydrogen (secondary N) is 1. The van der Waals surface area contributed by atoms with Crippen molar-refractivity contribution < 1.29 is 53.5 Å².